The third-order valence-corrected chi connectivity index (χ3v) is 13.4. The van der Waals surface area contributed by atoms with E-state index in [0.29, 0.717) is 50.8 Å². The molecule has 3 N–H and O–H groups in total. The Hall–Kier alpha value is -4.66. The van der Waals surface area contributed by atoms with E-state index in [9.17, 15) is 28.1 Å². The number of hydrogen-bond donors (Lipinski definition) is 3. The first-order valence-electron chi connectivity index (χ1n) is 18.4. The summed E-state index contributed by atoms with van der Waals surface area (Å²) >= 11 is 7.68. The van der Waals surface area contributed by atoms with Crippen molar-refractivity contribution < 1.29 is 32.3 Å². The fraction of sp³-hybridized carbons (Fsp3) is 0.400. The lowest BCUT2D eigenvalue weighted by molar-refractivity contribution is -0.141. The zero-order valence-electron chi connectivity index (χ0n) is 32.6. The molecule has 4 aromatic rings. The number of nitrogens with one attached hydrogen (secondary N) is 3. The Morgan fingerprint density at radius 2 is 1.85 bits per heavy atom. The molecule has 2 aromatic carbocycles. The van der Waals surface area contributed by atoms with Crippen molar-refractivity contribution in [2.24, 2.45) is 11.3 Å². The summed E-state index contributed by atoms with van der Waals surface area (Å²) in [6, 6.07) is 12.3. The van der Waals surface area contributed by atoms with Gasteiger partial charge in [0.25, 0.3) is 5.91 Å². The van der Waals surface area contributed by atoms with Gasteiger partial charge in [0, 0.05) is 39.1 Å². The SMILES string of the molecule is C=C[C@@H]1C[C@]1(NC(=O)[C@@H]1C[C@@H](Oc2ncc(OC)c3ccc(Cl)cc23)CN1C(=O)[C@@H](Nc1nc(-c2ccc(C#N)cc2)cs1)C(C)(C)C)C(=O)NS(=O)(=O)C1CC1.Cl.Cl. The summed E-state index contributed by atoms with van der Waals surface area (Å²) in [5, 5.41) is 18.7. The largest absolute Gasteiger partial charge is 0.494 e. The van der Waals surface area contributed by atoms with E-state index in [0.717, 1.165) is 5.56 Å². The van der Waals surface area contributed by atoms with Gasteiger partial charge in [-0.1, -0.05) is 50.6 Å². The fourth-order valence-corrected chi connectivity index (χ4v) is 9.38. The van der Waals surface area contributed by atoms with Crippen molar-refractivity contribution in [3.63, 3.8) is 0 Å². The Bertz CT molecular complexity index is 2420. The number of amides is 3. The van der Waals surface area contributed by atoms with Crippen LogP contribution in [0.15, 0.2) is 66.7 Å². The van der Waals surface area contributed by atoms with Gasteiger partial charge in [-0.05, 0) is 55.0 Å². The van der Waals surface area contributed by atoms with Crippen LogP contribution in [-0.2, 0) is 24.4 Å². The van der Waals surface area contributed by atoms with E-state index in [2.05, 4.69) is 33.0 Å². The van der Waals surface area contributed by atoms with Crippen LogP contribution in [-0.4, -0.2) is 83.6 Å². The zero-order chi connectivity index (χ0) is 40.9. The number of fused-ring (bicyclic) bond motifs is 1. The summed E-state index contributed by atoms with van der Waals surface area (Å²) in [4.78, 5) is 53.5. The Balaban J connectivity index is 0.00000331. The van der Waals surface area contributed by atoms with Crippen molar-refractivity contribution in [3.8, 4) is 29.0 Å². The van der Waals surface area contributed by atoms with Crippen LogP contribution >= 0.6 is 47.8 Å². The number of likely N-dealkylation sites (tertiary alicyclic amines) is 1. The highest BCUT2D eigenvalue weighted by Gasteiger charge is 2.62. The minimum Gasteiger partial charge on any atom is -0.494 e. The van der Waals surface area contributed by atoms with E-state index < -0.39 is 68.1 Å². The number of sulfonamides is 1. The van der Waals surface area contributed by atoms with Gasteiger partial charge in [0.15, 0.2) is 5.13 Å². The normalized spacial score (nSPS) is 21.5. The van der Waals surface area contributed by atoms with Gasteiger partial charge in [0.1, 0.15) is 29.5 Å². The maximum absolute atomic E-state index is 14.9. The van der Waals surface area contributed by atoms with E-state index in [1.165, 1.54) is 35.6 Å². The molecular formula is C40H44Cl3N7O7S2. The van der Waals surface area contributed by atoms with Crippen molar-refractivity contribution >= 4 is 91.4 Å². The molecule has 314 valence electrons. The van der Waals surface area contributed by atoms with Gasteiger partial charge in [-0.2, -0.15) is 5.26 Å². The molecular weight excluding hydrogens is 861 g/mol. The topological polar surface area (TPSA) is 193 Å². The van der Waals surface area contributed by atoms with Crippen LogP contribution in [0.2, 0.25) is 5.02 Å². The van der Waals surface area contributed by atoms with Crippen molar-refractivity contribution in [3.05, 3.63) is 77.3 Å². The average Bonchev–Trinajstić information content (AvgIpc) is 4.07. The lowest BCUT2D eigenvalue weighted by atomic mass is 9.85. The molecule has 5 atom stereocenters. The Kier molecular flexibility index (Phi) is 13.5. The molecule has 14 nitrogen and oxygen atoms in total. The number of nitriles is 1. The predicted octanol–water partition coefficient (Wildman–Crippen LogP) is 6.28. The van der Waals surface area contributed by atoms with E-state index >= 15 is 0 Å². The van der Waals surface area contributed by atoms with Crippen LogP contribution in [0.25, 0.3) is 22.0 Å². The van der Waals surface area contributed by atoms with Crippen molar-refractivity contribution in [2.75, 3.05) is 19.0 Å². The van der Waals surface area contributed by atoms with Crippen molar-refractivity contribution in [2.45, 2.75) is 75.4 Å². The molecule has 2 aromatic heterocycles. The summed E-state index contributed by atoms with van der Waals surface area (Å²) < 4.78 is 39.7. The van der Waals surface area contributed by atoms with Crippen LogP contribution in [0, 0.1) is 22.7 Å². The van der Waals surface area contributed by atoms with Crippen LogP contribution in [0.3, 0.4) is 0 Å². The third kappa shape index (κ3) is 9.39. The van der Waals surface area contributed by atoms with Crippen LogP contribution < -0.4 is 24.8 Å². The van der Waals surface area contributed by atoms with Gasteiger partial charge < -0.3 is 25.0 Å². The Morgan fingerprint density at radius 1 is 1.14 bits per heavy atom. The highest BCUT2D eigenvalue weighted by atomic mass is 35.5. The molecule has 59 heavy (non-hydrogen) atoms. The predicted molar refractivity (Wildman–Crippen MR) is 231 cm³/mol. The molecule has 3 amide bonds. The summed E-state index contributed by atoms with van der Waals surface area (Å²) in [6.45, 7) is 9.46. The van der Waals surface area contributed by atoms with E-state index in [1.807, 2.05) is 26.2 Å². The van der Waals surface area contributed by atoms with Gasteiger partial charge in [-0.3, -0.25) is 19.1 Å². The van der Waals surface area contributed by atoms with Crippen LogP contribution in [0.1, 0.15) is 52.0 Å². The Labute approximate surface area is 364 Å². The molecule has 0 unspecified atom stereocenters. The number of nitrogens with zero attached hydrogens (tertiary/aromatic N) is 4. The van der Waals surface area contributed by atoms with Gasteiger partial charge in [0.05, 0.1) is 42.4 Å². The molecule has 19 heteroatoms. The molecule has 2 aliphatic carbocycles. The number of methoxy groups -OCH3 is 1. The number of carbonyl (C=O) groups excluding carboxylic acids is 3. The molecule has 3 heterocycles. The maximum Gasteiger partial charge on any atom is 0.259 e. The smallest absolute Gasteiger partial charge is 0.259 e. The summed E-state index contributed by atoms with van der Waals surface area (Å²) in [5.41, 5.74) is -0.260. The monoisotopic (exact) mass is 903 g/mol. The molecule has 0 bridgehead atoms. The second-order valence-electron chi connectivity index (χ2n) is 15.7. The molecule has 3 aliphatic rings. The van der Waals surface area contributed by atoms with E-state index in [-0.39, 0.29) is 50.1 Å². The lowest BCUT2D eigenvalue weighted by Crippen LogP contribution is -2.58. The van der Waals surface area contributed by atoms with Gasteiger partial charge >= 0.3 is 0 Å². The molecule has 1 aliphatic heterocycles. The minimum atomic E-state index is -3.91. The number of rotatable bonds is 13. The lowest BCUT2D eigenvalue weighted by Gasteiger charge is -2.35. The first kappa shape index (κ1) is 45.4. The quantitative estimate of drug-likeness (QED) is 0.128. The number of anilines is 1. The summed E-state index contributed by atoms with van der Waals surface area (Å²) in [7, 11) is -2.38. The first-order valence-corrected chi connectivity index (χ1v) is 21.2. The van der Waals surface area contributed by atoms with Gasteiger partial charge in [0.2, 0.25) is 27.7 Å². The highest BCUT2D eigenvalue weighted by Crippen LogP contribution is 2.46. The van der Waals surface area contributed by atoms with Gasteiger partial charge in [-0.15, -0.1) is 42.7 Å². The number of halogens is 3. The molecule has 0 spiro atoms. The number of aromatic nitrogens is 2. The number of hydrogen-bond acceptors (Lipinski definition) is 12. The third-order valence-electron chi connectivity index (χ3n) is 10.6. The van der Waals surface area contributed by atoms with Crippen LogP contribution in [0.5, 0.6) is 11.6 Å². The number of benzene rings is 2. The van der Waals surface area contributed by atoms with Crippen molar-refractivity contribution in [1.29, 1.82) is 5.26 Å². The number of thiazole rings is 1. The standard InChI is InChI=1S/C40H42ClN7O7S2.2ClH/c1-6-24-17-40(24,37(51)47-57(52,53)27-12-13-27)46-34(49)31-16-26(55-35-29-15-25(41)11-14-28(29)32(54-5)19-43-35)20-48(31)36(50)33(39(2,3)4)45-38-44-30(21-56-38)23-9-7-22(18-42)8-10-23;;/h6-11,14-15,19,21,24,26-27,31,33H,1,12-13,16-17,20H2,2-5H3,(H,44,45)(H,46,49)(H,47,51);2*1H/t24-,26-,31+,33-,40-;;/m1../s1. The highest BCUT2D eigenvalue weighted by molar-refractivity contribution is 7.91. The fourth-order valence-electron chi connectivity index (χ4n) is 7.10. The average molecular weight is 905 g/mol. The van der Waals surface area contributed by atoms with Gasteiger partial charge in [-0.25, -0.2) is 18.4 Å². The second-order valence-corrected chi connectivity index (χ2v) is 18.9. The first-order chi connectivity index (χ1) is 27.1. The molecule has 0 radical (unpaired) electrons. The number of ether oxygens (including phenoxy) is 2. The molecule has 7 rings (SSSR count). The molecule has 2 saturated carbocycles. The zero-order valence-corrected chi connectivity index (χ0v) is 36.6. The summed E-state index contributed by atoms with van der Waals surface area (Å²) in [5.74, 6) is -1.67. The number of carbonyl (C=O) groups is 3. The Morgan fingerprint density at radius 3 is 2.46 bits per heavy atom. The van der Waals surface area contributed by atoms with E-state index in [1.54, 1.807) is 42.5 Å². The minimum absolute atomic E-state index is 0. The maximum atomic E-state index is 14.9. The van der Waals surface area contributed by atoms with Crippen LogP contribution in [0.4, 0.5) is 5.13 Å². The summed E-state index contributed by atoms with van der Waals surface area (Å²) in [6.07, 6.45) is 3.39. The van der Waals surface area contributed by atoms with E-state index in [4.69, 9.17) is 26.1 Å². The molecule has 1 saturated heterocycles. The second kappa shape index (κ2) is 17.5. The molecule has 3 fully saturated rings. The number of pyridine rings is 1. The van der Waals surface area contributed by atoms with Crippen molar-refractivity contribution in [1.82, 2.24) is 24.9 Å².